The van der Waals surface area contributed by atoms with Crippen molar-refractivity contribution >= 4 is 23.0 Å². The molecule has 0 saturated heterocycles. The molecule has 20 heavy (non-hydrogen) atoms. The number of nitrogens with two attached hydrogens (primary N) is 1. The van der Waals surface area contributed by atoms with Gasteiger partial charge in [0.1, 0.15) is 0 Å². The lowest BCUT2D eigenvalue weighted by molar-refractivity contribution is 1.11. The van der Waals surface area contributed by atoms with Crippen LogP contribution in [-0.4, -0.2) is 14.4 Å². The van der Waals surface area contributed by atoms with Crippen LogP contribution < -0.4 is 16.6 Å². The lowest BCUT2D eigenvalue weighted by atomic mass is 10.1. The van der Waals surface area contributed by atoms with Gasteiger partial charge in [0.15, 0.2) is 17.3 Å². The van der Waals surface area contributed by atoms with Gasteiger partial charge in [0.05, 0.1) is 6.20 Å². The molecule has 102 valence electrons. The van der Waals surface area contributed by atoms with Crippen LogP contribution in [0.1, 0.15) is 11.1 Å². The Hall–Kier alpha value is -2.60. The maximum absolute atomic E-state index is 5.45. The number of fused-ring (bicyclic) bond motifs is 1. The molecule has 0 bridgehead atoms. The van der Waals surface area contributed by atoms with Crippen LogP contribution >= 0.6 is 0 Å². The second-order valence-corrected chi connectivity index (χ2v) is 4.72. The summed E-state index contributed by atoms with van der Waals surface area (Å²) in [5.41, 5.74) is 6.66. The highest BCUT2D eigenvalue weighted by Gasteiger charge is 2.08. The Morgan fingerprint density at radius 2 is 2.10 bits per heavy atom. The smallest absolute Gasteiger partial charge is 0.180 e. The van der Waals surface area contributed by atoms with Gasteiger partial charge in [-0.3, -0.25) is 0 Å². The fourth-order valence-corrected chi connectivity index (χ4v) is 2.08. The van der Waals surface area contributed by atoms with Gasteiger partial charge in [-0.05, 0) is 31.0 Å². The van der Waals surface area contributed by atoms with Crippen LogP contribution in [0.2, 0.25) is 0 Å². The number of aryl methyl sites for hydroxylation is 2. The molecular weight excluding hydrogens is 252 g/mol. The van der Waals surface area contributed by atoms with Crippen LogP contribution in [0.3, 0.4) is 0 Å². The van der Waals surface area contributed by atoms with Crippen LogP contribution in [0.15, 0.2) is 36.8 Å². The molecule has 2 aromatic heterocycles. The minimum atomic E-state index is 0.573. The van der Waals surface area contributed by atoms with Gasteiger partial charge in [-0.15, -0.1) is 0 Å². The lowest BCUT2D eigenvalue weighted by Crippen LogP contribution is -2.11. The molecule has 0 aliphatic heterocycles. The van der Waals surface area contributed by atoms with E-state index in [2.05, 4.69) is 52.8 Å². The van der Waals surface area contributed by atoms with Crippen molar-refractivity contribution in [1.29, 1.82) is 0 Å². The Balaban J connectivity index is 2.09. The predicted molar refractivity (Wildman–Crippen MR) is 80.0 cm³/mol. The van der Waals surface area contributed by atoms with Gasteiger partial charge in [-0.2, -0.15) is 0 Å². The fourth-order valence-electron chi connectivity index (χ4n) is 2.08. The number of benzene rings is 1. The van der Waals surface area contributed by atoms with Crippen LogP contribution in [-0.2, 0) is 0 Å². The van der Waals surface area contributed by atoms with E-state index >= 15 is 0 Å². The number of aromatic nitrogens is 3. The maximum atomic E-state index is 5.45. The van der Waals surface area contributed by atoms with Crippen molar-refractivity contribution in [1.82, 2.24) is 14.4 Å². The average Bonchev–Trinajstić information content (AvgIpc) is 2.91. The summed E-state index contributed by atoms with van der Waals surface area (Å²) < 4.78 is 1.87. The largest absolute Gasteiger partial charge is 0.337 e. The molecule has 0 spiro atoms. The standard InChI is InChI=1S/C14H16N6/c1-9-3-4-10(2)11(7-9)17-13-14-16-5-6-20(14)8-12(18-13)19-15/h3-8,19H,15H2,1-2H3,(H,17,18). The molecule has 0 fully saturated rings. The summed E-state index contributed by atoms with van der Waals surface area (Å²) in [6.45, 7) is 4.11. The second-order valence-electron chi connectivity index (χ2n) is 4.72. The zero-order valence-corrected chi connectivity index (χ0v) is 11.4. The van der Waals surface area contributed by atoms with Crippen molar-refractivity contribution in [2.45, 2.75) is 13.8 Å². The van der Waals surface area contributed by atoms with E-state index in [1.54, 1.807) is 12.4 Å². The van der Waals surface area contributed by atoms with Crippen molar-refractivity contribution in [3.8, 4) is 0 Å². The SMILES string of the molecule is Cc1ccc(C)c(Nc2nc(NN)cn3ccnc23)c1. The van der Waals surface area contributed by atoms with Crippen LogP contribution in [0.5, 0.6) is 0 Å². The molecule has 3 aromatic rings. The molecule has 0 amide bonds. The minimum Gasteiger partial charge on any atom is -0.337 e. The topological polar surface area (TPSA) is 80.3 Å². The maximum Gasteiger partial charge on any atom is 0.180 e. The van der Waals surface area contributed by atoms with E-state index in [4.69, 9.17) is 5.84 Å². The van der Waals surface area contributed by atoms with Gasteiger partial charge < -0.3 is 15.1 Å². The Bertz CT molecular complexity index is 761. The van der Waals surface area contributed by atoms with Crippen LogP contribution in [0.25, 0.3) is 5.65 Å². The minimum absolute atomic E-state index is 0.573. The molecule has 0 radical (unpaired) electrons. The number of nitrogens with one attached hydrogen (secondary N) is 2. The summed E-state index contributed by atoms with van der Waals surface area (Å²) in [5, 5.41) is 3.33. The first kappa shape index (κ1) is 12.4. The van der Waals surface area contributed by atoms with Gasteiger partial charge in [-0.25, -0.2) is 15.8 Å². The van der Waals surface area contributed by atoms with Gasteiger partial charge >= 0.3 is 0 Å². The van der Waals surface area contributed by atoms with E-state index in [0.29, 0.717) is 11.6 Å². The number of imidazole rings is 1. The molecule has 0 unspecified atom stereocenters. The van der Waals surface area contributed by atoms with E-state index in [1.165, 1.54) is 5.56 Å². The summed E-state index contributed by atoms with van der Waals surface area (Å²) in [6.07, 6.45) is 5.37. The van der Waals surface area contributed by atoms with E-state index in [1.807, 2.05) is 10.6 Å². The number of hydrogen-bond acceptors (Lipinski definition) is 5. The van der Waals surface area contributed by atoms with Gasteiger partial charge in [-0.1, -0.05) is 12.1 Å². The quantitative estimate of drug-likeness (QED) is 0.502. The highest BCUT2D eigenvalue weighted by Crippen LogP contribution is 2.24. The molecule has 1 aromatic carbocycles. The average molecular weight is 268 g/mol. The number of hydrogen-bond donors (Lipinski definition) is 3. The van der Waals surface area contributed by atoms with E-state index in [0.717, 1.165) is 16.9 Å². The number of nitrogen functional groups attached to an aromatic ring is 1. The molecule has 3 rings (SSSR count). The monoisotopic (exact) mass is 268 g/mol. The third kappa shape index (κ3) is 2.17. The summed E-state index contributed by atoms with van der Waals surface area (Å²) >= 11 is 0. The van der Waals surface area contributed by atoms with Crippen molar-refractivity contribution in [3.63, 3.8) is 0 Å². The van der Waals surface area contributed by atoms with E-state index in [-0.39, 0.29) is 0 Å². The number of anilines is 3. The fraction of sp³-hybridized carbons (Fsp3) is 0.143. The zero-order valence-electron chi connectivity index (χ0n) is 11.4. The van der Waals surface area contributed by atoms with Crippen LogP contribution in [0.4, 0.5) is 17.3 Å². The molecule has 4 N–H and O–H groups in total. The zero-order chi connectivity index (χ0) is 14.1. The second kappa shape index (κ2) is 4.82. The Morgan fingerprint density at radius 1 is 1.25 bits per heavy atom. The Labute approximate surface area is 116 Å². The molecule has 0 saturated carbocycles. The van der Waals surface area contributed by atoms with E-state index in [9.17, 15) is 0 Å². The first-order chi connectivity index (χ1) is 9.67. The van der Waals surface area contributed by atoms with Gasteiger partial charge in [0.25, 0.3) is 0 Å². The van der Waals surface area contributed by atoms with Gasteiger partial charge in [0.2, 0.25) is 0 Å². The molecule has 0 aliphatic carbocycles. The number of rotatable bonds is 3. The normalized spacial score (nSPS) is 10.8. The summed E-state index contributed by atoms with van der Waals surface area (Å²) in [4.78, 5) is 8.74. The predicted octanol–water partition coefficient (Wildman–Crippen LogP) is 2.38. The highest BCUT2D eigenvalue weighted by atomic mass is 15.3. The van der Waals surface area contributed by atoms with Crippen molar-refractivity contribution in [2.75, 3.05) is 10.7 Å². The Morgan fingerprint density at radius 3 is 2.90 bits per heavy atom. The first-order valence-corrected chi connectivity index (χ1v) is 6.32. The molecule has 0 atom stereocenters. The molecule has 6 nitrogen and oxygen atoms in total. The molecular formula is C14H16N6. The van der Waals surface area contributed by atoms with Gasteiger partial charge in [0, 0.05) is 18.1 Å². The first-order valence-electron chi connectivity index (χ1n) is 6.32. The highest BCUT2D eigenvalue weighted by molar-refractivity contribution is 5.73. The third-order valence-electron chi connectivity index (χ3n) is 3.17. The summed E-state index contributed by atoms with van der Waals surface area (Å²) in [7, 11) is 0. The molecule has 2 heterocycles. The van der Waals surface area contributed by atoms with Crippen molar-refractivity contribution in [2.24, 2.45) is 5.84 Å². The number of hydrazine groups is 1. The van der Waals surface area contributed by atoms with E-state index < -0.39 is 0 Å². The van der Waals surface area contributed by atoms with Crippen molar-refractivity contribution < 1.29 is 0 Å². The third-order valence-corrected chi connectivity index (χ3v) is 3.17. The Kier molecular flexibility index (Phi) is 3.00. The number of nitrogens with zero attached hydrogens (tertiary/aromatic N) is 3. The molecule has 6 heteroatoms. The molecule has 0 aliphatic rings. The lowest BCUT2D eigenvalue weighted by Gasteiger charge is -2.12. The van der Waals surface area contributed by atoms with Crippen molar-refractivity contribution in [3.05, 3.63) is 47.9 Å². The summed E-state index contributed by atoms with van der Waals surface area (Å²) in [5.74, 6) is 6.69. The summed E-state index contributed by atoms with van der Waals surface area (Å²) in [6, 6.07) is 6.24. The van der Waals surface area contributed by atoms with Crippen LogP contribution in [0, 0.1) is 13.8 Å².